The third-order valence-electron chi connectivity index (χ3n) is 3.41. The van der Waals surface area contributed by atoms with Gasteiger partial charge in [0.25, 0.3) is 0 Å². The number of benzene rings is 1. The van der Waals surface area contributed by atoms with E-state index in [1.54, 1.807) is 12.1 Å². The fourth-order valence-electron chi connectivity index (χ4n) is 2.40. The van der Waals surface area contributed by atoms with Crippen LogP contribution in [0.25, 0.3) is 0 Å². The summed E-state index contributed by atoms with van der Waals surface area (Å²) >= 11 is 0. The molecular weight excluding hydrogens is 231 g/mol. The number of piperidine rings is 1. The summed E-state index contributed by atoms with van der Waals surface area (Å²) in [6, 6.07) is 4.92. The molecule has 0 aromatic heterocycles. The summed E-state index contributed by atoms with van der Waals surface area (Å²) in [7, 11) is 0. The van der Waals surface area contributed by atoms with E-state index in [0.29, 0.717) is 18.3 Å². The number of nitrogens with zero attached hydrogens (tertiary/aromatic N) is 1. The molecule has 0 atom stereocenters. The number of rotatable bonds is 4. The molecule has 18 heavy (non-hydrogen) atoms. The molecule has 0 aliphatic carbocycles. The molecule has 100 valence electrons. The highest BCUT2D eigenvalue weighted by Crippen LogP contribution is 2.18. The first-order valence-corrected chi connectivity index (χ1v) is 6.57. The first-order valence-electron chi connectivity index (χ1n) is 6.57. The molecule has 1 aliphatic heterocycles. The minimum absolute atomic E-state index is 0.207. The monoisotopic (exact) mass is 252 g/mol. The minimum atomic E-state index is -0.207. The molecule has 1 fully saturated rings. The van der Waals surface area contributed by atoms with Crippen LogP contribution in [0, 0.1) is 5.82 Å². The van der Waals surface area contributed by atoms with Crippen LogP contribution in [0.3, 0.4) is 0 Å². The molecule has 0 bridgehead atoms. The number of nitrogens with two attached hydrogens (primary N) is 1. The third-order valence-corrected chi connectivity index (χ3v) is 3.41. The van der Waals surface area contributed by atoms with Crippen LogP contribution in [-0.2, 0) is 11.3 Å². The first kappa shape index (κ1) is 13.3. The van der Waals surface area contributed by atoms with Crippen molar-refractivity contribution in [2.24, 2.45) is 0 Å². The summed E-state index contributed by atoms with van der Waals surface area (Å²) in [6.45, 7) is 5.39. The van der Waals surface area contributed by atoms with Crippen molar-refractivity contribution in [3.05, 3.63) is 29.6 Å². The van der Waals surface area contributed by atoms with E-state index in [9.17, 15) is 4.39 Å². The summed E-state index contributed by atoms with van der Waals surface area (Å²) in [5, 5.41) is 0. The second kappa shape index (κ2) is 6.16. The fourth-order valence-corrected chi connectivity index (χ4v) is 2.40. The van der Waals surface area contributed by atoms with Gasteiger partial charge in [-0.1, -0.05) is 6.07 Å². The van der Waals surface area contributed by atoms with E-state index in [4.69, 9.17) is 10.5 Å². The van der Waals surface area contributed by atoms with Crippen LogP contribution in [0.1, 0.15) is 25.3 Å². The van der Waals surface area contributed by atoms with Gasteiger partial charge in [0.15, 0.2) is 0 Å². The molecule has 4 heteroatoms. The Morgan fingerprint density at radius 2 is 2.11 bits per heavy atom. The van der Waals surface area contributed by atoms with Gasteiger partial charge in [-0.2, -0.15) is 0 Å². The molecule has 1 aromatic carbocycles. The Morgan fingerprint density at radius 1 is 1.39 bits per heavy atom. The number of ether oxygens (including phenoxy) is 1. The highest BCUT2D eigenvalue weighted by atomic mass is 19.1. The zero-order valence-corrected chi connectivity index (χ0v) is 10.9. The van der Waals surface area contributed by atoms with Gasteiger partial charge in [-0.15, -0.1) is 0 Å². The Hall–Kier alpha value is -1.13. The Balaban J connectivity index is 1.87. The molecule has 2 rings (SSSR count). The number of hydrogen-bond donors (Lipinski definition) is 1. The molecule has 2 N–H and O–H groups in total. The average molecular weight is 252 g/mol. The number of nitrogen functional groups attached to an aromatic ring is 1. The Labute approximate surface area is 108 Å². The lowest BCUT2D eigenvalue weighted by atomic mass is 10.1. The van der Waals surface area contributed by atoms with Gasteiger partial charge in [0, 0.05) is 37.5 Å². The summed E-state index contributed by atoms with van der Waals surface area (Å²) < 4.78 is 19.3. The van der Waals surface area contributed by atoms with E-state index in [-0.39, 0.29) is 5.82 Å². The van der Waals surface area contributed by atoms with E-state index in [1.165, 1.54) is 6.07 Å². The van der Waals surface area contributed by atoms with Gasteiger partial charge in [-0.3, -0.25) is 4.90 Å². The second-order valence-corrected chi connectivity index (χ2v) is 4.78. The summed E-state index contributed by atoms with van der Waals surface area (Å²) in [5.74, 6) is -0.207. The van der Waals surface area contributed by atoms with E-state index in [2.05, 4.69) is 4.90 Å². The van der Waals surface area contributed by atoms with Crippen LogP contribution in [0.15, 0.2) is 18.2 Å². The molecule has 1 aliphatic rings. The lowest BCUT2D eigenvalue weighted by Gasteiger charge is -2.31. The van der Waals surface area contributed by atoms with Crippen LogP contribution < -0.4 is 5.73 Å². The molecule has 0 saturated carbocycles. The summed E-state index contributed by atoms with van der Waals surface area (Å²) in [6.07, 6.45) is 2.44. The lowest BCUT2D eigenvalue weighted by Crippen LogP contribution is -2.36. The van der Waals surface area contributed by atoms with Crippen LogP contribution in [-0.4, -0.2) is 30.7 Å². The zero-order chi connectivity index (χ0) is 13.0. The molecule has 0 unspecified atom stereocenters. The van der Waals surface area contributed by atoms with Gasteiger partial charge >= 0.3 is 0 Å². The van der Waals surface area contributed by atoms with Gasteiger partial charge in [0.1, 0.15) is 5.82 Å². The van der Waals surface area contributed by atoms with Gasteiger partial charge in [0.05, 0.1) is 6.10 Å². The standard InChI is InChI=1S/C14H21FN2O/c1-2-18-13-5-7-17(8-6-13)10-11-3-4-12(16)9-14(11)15/h3-4,9,13H,2,5-8,10,16H2,1H3. The first-order chi connectivity index (χ1) is 8.69. The molecule has 1 saturated heterocycles. The Morgan fingerprint density at radius 3 is 2.72 bits per heavy atom. The maximum atomic E-state index is 13.7. The van der Waals surface area contributed by atoms with E-state index < -0.39 is 0 Å². The number of likely N-dealkylation sites (tertiary alicyclic amines) is 1. The highest BCUT2D eigenvalue weighted by Gasteiger charge is 2.19. The minimum Gasteiger partial charge on any atom is -0.399 e. The molecule has 0 radical (unpaired) electrons. The molecule has 0 spiro atoms. The molecule has 3 nitrogen and oxygen atoms in total. The molecule has 0 amide bonds. The van der Waals surface area contributed by atoms with Crippen LogP contribution in [0.5, 0.6) is 0 Å². The number of anilines is 1. The lowest BCUT2D eigenvalue weighted by molar-refractivity contribution is 0.0123. The van der Waals surface area contributed by atoms with Crippen molar-refractivity contribution < 1.29 is 9.13 Å². The average Bonchev–Trinajstić information content (AvgIpc) is 2.35. The van der Waals surface area contributed by atoms with Crippen molar-refractivity contribution in [2.45, 2.75) is 32.4 Å². The van der Waals surface area contributed by atoms with Crippen LogP contribution in [0.2, 0.25) is 0 Å². The van der Waals surface area contributed by atoms with Crippen LogP contribution >= 0.6 is 0 Å². The molecule has 1 aromatic rings. The van der Waals surface area contributed by atoms with Gasteiger partial charge in [-0.05, 0) is 31.9 Å². The maximum absolute atomic E-state index is 13.7. The van der Waals surface area contributed by atoms with Crippen molar-refractivity contribution in [1.82, 2.24) is 4.90 Å². The molecular formula is C14H21FN2O. The van der Waals surface area contributed by atoms with Gasteiger partial charge in [0.2, 0.25) is 0 Å². The maximum Gasteiger partial charge on any atom is 0.129 e. The predicted molar refractivity (Wildman–Crippen MR) is 70.7 cm³/mol. The van der Waals surface area contributed by atoms with Crippen molar-refractivity contribution in [1.29, 1.82) is 0 Å². The highest BCUT2D eigenvalue weighted by molar-refractivity contribution is 5.40. The second-order valence-electron chi connectivity index (χ2n) is 4.78. The van der Waals surface area contributed by atoms with Crippen molar-refractivity contribution in [3.8, 4) is 0 Å². The summed E-state index contributed by atoms with van der Waals surface area (Å²) in [4.78, 5) is 2.27. The zero-order valence-electron chi connectivity index (χ0n) is 10.9. The van der Waals surface area contributed by atoms with Crippen molar-refractivity contribution in [3.63, 3.8) is 0 Å². The normalized spacial score (nSPS) is 18.1. The van der Waals surface area contributed by atoms with Gasteiger partial charge in [-0.25, -0.2) is 4.39 Å². The summed E-state index contributed by atoms with van der Waals surface area (Å²) in [5.41, 5.74) is 6.74. The quantitative estimate of drug-likeness (QED) is 0.836. The topological polar surface area (TPSA) is 38.5 Å². The molecule has 1 heterocycles. The fraction of sp³-hybridized carbons (Fsp3) is 0.571. The van der Waals surface area contributed by atoms with Crippen molar-refractivity contribution in [2.75, 3.05) is 25.4 Å². The number of halogens is 1. The van der Waals surface area contributed by atoms with Crippen LogP contribution in [0.4, 0.5) is 10.1 Å². The van der Waals surface area contributed by atoms with Crippen molar-refractivity contribution >= 4 is 5.69 Å². The number of hydrogen-bond acceptors (Lipinski definition) is 3. The third kappa shape index (κ3) is 3.43. The largest absolute Gasteiger partial charge is 0.399 e. The van der Waals surface area contributed by atoms with E-state index in [1.807, 2.05) is 6.92 Å². The van der Waals surface area contributed by atoms with E-state index in [0.717, 1.165) is 38.1 Å². The SMILES string of the molecule is CCOC1CCN(Cc2ccc(N)cc2F)CC1. The Kier molecular flexibility index (Phi) is 4.55. The van der Waals surface area contributed by atoms with Gasteiger partial charge < -0.3 is 10.5 Å². The smallest absolute Gasteiger partial charge is 0.129 e. The van der Waals surface area contributed by atoms with E-state index >= 15 is 0 Å². The predicted octanol–water partition coefficient (Wildman–Crippen LogP) is 2.41. The Bertz CT molecular complexity index is 389.